The van der Waals surface area contributed by atoms with Crippen molar-refractivity contribution in [2.24, 2.45) is 0 Å². The molecule has 176 valence electrons. The van der Waals surface area contributed by atoms with Crippen molar-refractivity contribution in [1.29, 1.82) is 0 Å². The maximum absolute atomic E-state index is 14.1. The molecule has 4 aromatic rings. The number of fused-ring (bicyclic) bond motifs is 1. The number of nitrogens with zero attached hydrogens (tertiary/aromatic N) is 3. The molecule has 3 aromatic carbocycles. The Hall–Kier alpha value is -2.86. The van der Waals surface area contributed by atoms with Crippen LogP contribution in [-0.2, 0) is 6.54 Å². The Kier molecular flexibility index (Phi) is 7.27. The molecule has 4 rings (SSSR count). The number of carbonyl (C=O) groups is 1. The first-order valence-corrected chi connectivity index (χ1v) is 11.8. The Bertz CT molecular complexity index is 1330. The second-order valence-electron chi connectivity index (χ2n) is 8.58. The average molecular weight is 498 g/mol. The Balaban J connectivity index is 1.83. The molecule has 0 unspecified atom stereocenters. The molecule has 0 bridgehead atoms. The molecule has 1 heterocycles. The van der Waals surface area contributed by atoms with E-state index in [-0.39, 0.29) is 11.7 Å². The van der Waals surface area contributed by atoms with Gasteiger partial charge in [-0.25, -0.2) is 4.39 Å². The van der Waals surface area contributed by atoms with E-state index in [2.05, 4.69) is 0 Å². The summed E-state index contributed by atoms with van der Waals surface area (Å²) >= 11 is 12.3. The highest BCUT2D eigenvalue weighted by Crippen LogP contribution is 2.31. The summed E-state index contributed by atoms with van der Waals surface area (Å²) in [7, 11) is 3.95. The third kappa shape index (κ3) is 4.97. The highest BCUT2D eigenvalue weighted by molar-refractivity contribution is 6.42. The summed E-state index contributed by atoms with van der Waals surface area (Å²) in [6.07, 6.45) is 0. The highest BCUT2D eigenvalue weighted by atomic mass is 35.5. The second kappa shape index (κ2) is 10.2. The molecule has 0 fully saturated rings. The first-order valence-electron chi connectivity index (χ1n) is 11.0. The minimum Gasteiger partial charge on any atom is -0.332 e. The lowest BCUT2D eigenvalue weighted by Gasteiger charge is -2.26. The molecule has 34 heavy (non-hydrogen) atoms. The van der Waals surface area contributed by atoms with E-state index in [0.29, 0.717) is 35.4 Å². The smallest absolute Gasteiger partial charge is 0.271 e. The Morgan fingerprint density at radius 3 is 2.32 bits per heavy atom. The SMILES string of the molecule is Cc1c(C(=O)N(CCN(C)C)Cc2ccc(Cl)c(Cl)c2)n(-c2ccc(F)cc2)c2ccccc12. The van der Waals surface area contributed by atoms with Crippen LogP contribution in [0.2, 0.25) is 10.0 Å². The van der Waals surface area contributed by atoms with Crippen molar-refractivity contribution in [3.05, 3.63) is 99.4 Å². The predicted molar refractivity (Wildman–Crippen MR) is 138 cm³/mol. The molecule has 0 radical (unpaired) electrons. The lowest BCUT2D eigenvalue weighted by molar-refractivity contribution is 0.0723. The number of aromatic nitrogens is 1. The molecule has 0 aliphatic heterocycles. The molecule has 0 saturated heterocycles. The highest BCUT2D eigenvalue weighted by Gasteiger charge is 2.26. The van der Waals surface area contributed by atoms with Crippen molar-refractivity contribution in [2.75, 3.05) is 27.2 Å². The monoisotopic (exact) mass is 497 g/mol. The minimum absolute atomic E-state index is 0.106. The van der Waals surface area contributed by atoms with Crippen molar-refractivity contribution in [3.8, 4) is 5.69 Å². The maximum Gasteiger partial charge on any atom is 0.271 e. The number of carbonyl (C=O) groups excluding carboxylic acids is 1. The van der Waals surface area contributed by atoms with Crippen molar-refractivity contribution in [2.45, 2.75) is 13.5 Å². The van der Waals surface area contributed by atoms with Gasteiger partial charge < -0.3 is 14.4 Å². The first-order chi connectivity index (χ1) is 16.3. The van der Waals surface area contributed by atoms with Crippen LogP contribution in [0.25, 0.3) is 16.6 Å². The fourth-order valence-corrected chi connectivity index (χ4v) is 4.42. The van der Waals surface area contributed by atoms with Gasteiger partial charge in [0, 0.05) is 30.7 Å². The third-order valence-electron chi connectivity index (χ3n) is 5.88. The summed E-state index contributed by atoms with van der Waals surface area (Å²) in [5.41, 5.74) is 3.97. The van der Waals surface area contributed by atoms with E-state index < -0.39 is 0 Å². The van der Waals surface area contributed by atoms with Gasteiger partial charge >= 0.3 is 0 Å². The van der Waals surface area contributed by atoms with E-state index >= 15 is 0 Å². The molecule has 7 heteroatoms. The molecule has 0 atom stereocenters. The number of amides is 1. The van der Waals surface area contributed by atoms with Crippen LogP contribution in [0.1, 0.15) is 21.6 Å². The molecule has 1 aromatic heterocycles. The molecule has 0 N–H and O–H groups in total. The Morgan fingerprint density at radius 2 is 1.65 bits per heavy atom. The summed E-state index contributed by atoms with van der Waals surface area (Å²) in [4.78, 5) is 18.0. The Labute approximate surface area is 209 Å². The van der Waals surface area contributed by atoms with E-state index in [1.54, 1.807) is 24.3 Å². The number of hydrogen-bond donors (Lipinski definition) is 0. The molecule has 0 aliphatic rings. The second-order valence-corrected chi connectivity index (χ2v) is 9.40. The van der Waals surface area contributed by atoms with Crippen molar-refractivity contribution < 1.29 is 9.18 Å². The number of likely N-dealkylation sites (N-methyl/N-ethyl adjacent to an activating group) is 1. The van der Waals surface area contributed by atoms with E-state index in [4.69, 9.17) is 23.2 Å². The number of hydrogen-bond acceptors (Lipinski definition) is 2. The summed E-state index contributed by atoms with van der Waals surface area (Å²) in [5, 5.41) is 1.91. The van der Waals surface area contributed by atoms with Crippen molar-refractivity contribution >= 4 is 40.0 Å². The third-order valence-corrected chi connectivity index (χ3v) is 6.62. The lowest BCUT2D eigenvalue weighted by Crippen LogP contribution is -2.37. The van der Waals surface area contributed by atoms with Crippen LogP contribution < -0.4 is 0 Å². The summed E-state index contributed by atoms with van der Waals surface area (Å²) < 4.78 is 15.6. The number of halogens is 3. The van der Waals surface area contributed by atoms with Gasteiger partial charge in [-0.3, -0.25) is 4.79 Å². The minimum atomic E-state index is -0.322. The Morgan fingerprint density at radius 1 is 0.941 bits per heavy atom. The van der Waals surface area contributed by atoms with Crippen LogP contribution in [0.4, 0.5) is 4.39 Å². The molecular formula is C27H26Cl2FN3O. The summed E-state index contributed by atoms with van der Waals surface area (Å²) in [6, 6.07) is 19.5. The van der Waals surface area contributed by atoms with Gasteiger partial charge in [0.25, 0.3) is 5.91 Å². The predicted octanol–water partition coefficient (Wildman–Crippen LogP) is 6.59. The number of benzene rings is 3. The zero-order chi connectivity index (χ0) is 24.4. The standard InChI is InChI=1S/C27H26Cl2FN3O/c1-18-22-6-4-5-7-25(22)33(21-11-9-20(30)10-12-21)26(18)27(34)32(15-14-31(2)3)17-19-8-13-23(28)24(29)16-19/h4-13,16H,14-15,17H2,1-3H3. The van der Waals surface area contributed by atoms with Gasteiger partial charge in [-0.15, -0.1) is 0 Å². The van der Waals surface area contributed by atoms with Gasteiger partial charge in [0.2, 0.25) is 0 Å². The van der Waals surface area contributed by atoms with Crippen LogP contribution in [0, 0.1) is 12.7 Å². The molecule has 1 amide bonds. The number of para-hydroxylation sites is 1. The van der Waals surface area contributed by atoms with Crippen molar-refractivity contribution in [3.63, 3.8) is 0 Å². The van der Waals surface area contributed by atoms with E-state index in [0.717, 1.165) is 27.7 Å². The average Bonchev–Trinajstić information content (AvgIpc) is 3.11. The summed E-state index contributed by atoms with van der Waals surface area (Å²) in [6.45, 7) is 3.56. The molecule has 0 spiro atoms. The molecular weight excluding hydrogens is 472 g/mol. The fourth-order valence-electron chi connectivity index (χ4n) is 4.10. The number of rotatable bonds is 7. The van der Waals surface area contributed by atoms with Crippen LogP contribution in [0.5, 0.6) is 0 Å². The zero-order valence-corrected chi connectivity index (χ0v) is 20.9. The van der Waals surface area contributed by atoms with Gasteiger partial charge in [-0.2, -0.15) is 0 Å². The van der Waals surface area contributed by atoms with E-state index in [1.807, 2.05) is 65.7 Å². The summed E-state index contributed by atoms with van der Waals surface area (Å²) in [5.74, 6) is -0.428. The fraction of sp³-hybridized carbons (Fsp3) is 0.222. The maximum atomic E-state index is 14.1. The van der Waals surface area contributed by atoms with Gasteiger partial charge in [-0.1, -0.05) is 47.5 Å². The lowest BCUT2D eigenvalue weighted by atomic mass is 10.1. The first kappa shape index (κ1) is 24.3. The number of aryl methyl sites for hydroxylation is 1. The normalized spacial score (nSPS) is 11.4. The van der Waals surface area contributed by atoms with Crippen LogP contribution in [0.3, 0.4) is 0 Å². The molecule has 0 saturated carbocycles. The van der Waals surface area contributed by atoms with Crippen LogP contribution in [0.15, 0.2) is 66.7 Å². The molecule has 4 nitrogen and oxygen atoms in total. The van der Waals surface area contributed by atoms with Gasteiger partial charge in [0.1, 0.15) is 11.5 Å². The molecule has 0 aliphatic carbocycles. The van der Waals surface area contributed by atoms with Crippen LogP contribution in [-0.4, -0.2) is 47.5 Å². The van der Waals surface area contributed by atoms with Gasteiger partial charge in [-0.05, 0) is 74.6 Å². The van der Waals surface area contributed by atoms with E-state index in [1.165, 1.54) is 12.1 Å². The largest absolute Gasteiger partial charge is 0.332 e. The van der Waals surface area contributed by atoms with E-state index in [9.17, 15) is 9.18 Å². The topological polar surface area (TPSA) is 28.5 Å². The van der Waals surface area contributed by atoms with Crippen LogP contribution >= 0.6 is 23.2 Å². The van der Waals surface area contributed by atoms with Crippen molar-refractivity contribution in [1.82, 2.24) is 14.4 Å². The van der Waals surface area contributed by atoms with Gasteiger partial charge in [0.15, 0.2) is 0 Å². The van der Waals surface area contributed by atoms with Gasteiger partial charge in [0.05, 0.1) is 15.6 Å². The zero-order valence-electron chi connectivity index (χ0n) is 19.4. The quantitative estimate of drug-likeness (QED) is 0.288.